The summed E-state index contributed by atoms with van der Waals surface area (Å²) in [6.07, 6.45) is 2.25. The molecule has 0 atom stereocenters. The Balaban J connectivity index is 2.30. The lowest BCUT2D eigenvalue weighted by atomic mass is 9.94. The third kappa shape index (κ3) is 5.88. The fourth-order valence-corrected chi connectivity index (χ4v) is 2.13. The molecule has 1 aliphatic heterocycles. The smallest absolute Gasteiger partial charge is 0.239 e. The van der Waals surface area contributed by atoms with Crippen molar-refractivity contribution in [1.82, 2.24) is 15.1 Å². The molecule has 0 aromatic rings. The molecule has 116 valence electrons. The number of rotatable bonds is 6. The van der Waals surface area contributed by atoms with Crippen molar-refractivity contribution in [2.75, 3.05) is 39.8 Å². The number of likely N-dealkylation sites (tertiary alicyclic amines) is 1. The summed E-state index contributed by atoms with van der Waals surface area (Å²) >= 11 is 0. The van der Waals surface area contributed by atoms with Crippen LogP contribution in [-0.4, -0.2) is 72.1 Å². The Bertz CT molecular complexity index is 335. The minimum absolute atomic E-state index is 0.0572. The van der Waals surface area contributed by atoms with Crippen LogP contribution in [0.5, 0.6) is 0 Å². The maximum Gasteiger partial charge on any atom is 0.239 e. The number of likely N-dealkylation sites (N-methyl/N-ethyl adjacent to an activating group) is 1. The maximum absolute atomic E-state index is 12.0. The van der Waals surface area contributed by atoms with Crippen molar-refractivity contribution in [3.63, 3.8) is 0 Å². The van der Waals surface area contributed by atoms with Gasteiger partial charge in [-0.3, -0.25) is 14.5 Å². The monoisotopic (exact) mass is 285 g/mol. The lowest BCUT2D eigenvalue weighted by Gasteiger charge is -2.35. The molecule has 1 fully saturated rings. The summed E-state index contributed by atoms with van der Waals surface area (Å²) in [6, 6.07) is 0. The van der Waals surface area contributed by atoms with Gasteiger partial charge in [-0.1, -0.05) is 6.92 Å². The fraction of sp³-hybridized carbons (Fsp3) is 0.857. The topological polar surface area (TPSA) is 72.9 Å². The van der Waals surface area contributed by atoms with Gasteiger partial charge >= 0.3 is 0 Å². The Hall–Kier alpha value is -1.14. The highest BCUT2D eigenvalue weighted by atomic mass is 16.3. The third-order valence-corrected chi connectivity index (χ3v) is 3.67. The van der Waals surface area contributed by atoms with Crippen LogP contribution in [0.3, 0.4) is 0 Å². The van der Waals surface area contributed by atoms with Crippen molar-refractivity contribution < 1.29 is 14.7 Å². The van der Waals surface area contributed by atoms with E-state index in [4.69, 9.17) is 0 Å². The molecule has 0 unspecified atom stereocenters. The molecule has 0 radical (unpaired) electrons. The van der Waals surface area contributed by atoms with Gasteiger partial charge < -0.3 is 15.3 Å². The van der Waals surface area contributed by atoms with E-state index in [2.05, 4.69) is 5.32 Å². The van der Waals surface area contributed by atoms with Gasteiger partial charge in [-0.15, -0.1) is 0 Å². The summed E-state index contributed by atoms with van der Waals surface area (Å²) in [5.41, 5.74) is -0.606. The SMILES string of the molecule is CCCNC(=O)CN(C)C(=O)CN1CCC(C)(O)CC1. The first-order valence-corrected chi connectivity index (χ1v) is 7.29. The standard InChI is InChI=1S/C14H27N3O3/c1-4-7-15-12(18)10-16(3)13(19)11-17-8-5-14(2,20)6-9-17/h20H,4-11H2,1-3H3,(H,15,18). The quantitative estimate of drug-likeness (QED) is 0.710. The molecular weight excluding hydrogens is 258 g/mol. The Morgan fingerprint density at radius 3 is 2.50 bits per heavy atom. The number of amides is 2. The molecule has 1 heterocycles. The van der Waals surface area contributed by atoms with Gasteiger partial charge in [0.1, 0.15) is 0 Å². The number of nitrogens with one attached hydrogen (secondary N) is 1. The molecule has 6 nitrogen and oxygen atoms in total. The molecule has 6 heteroatoms. The summed E-state index contributed by atoms with van der Waals surface area (Å²) < 4.78 is 0. The second kappa shape index (κ2) is 7.59. The minimum atomic E-state index is -0.606. The van der Waals surface area contributed by atoms with Crippen LogP contribution in [0.1, 0.15) is 33.1 Å². The van der Waals surface area contributed by atoms with Crippen molar-refractivity contribution in [2.24, 2.45) is 0 Å². The van der Waals surface area contributed by atoms with Crippen LogP contribution in [0.25, 0.3) is 0 Å². The Morgan fingerprint density at radius 2 is 1.95 bits per heavy atom. The van der Waals surface area contributed by atoms with Crippen LogP contribution in [0.15, 0.2) is 0 Å². The highest BCUT2D eigenvalue weighted by molar-refractivity contribution is 5.85. The molecule has 1 aliphatic rings. The van der Waals surface area contributed by atoms with Gasteiger partial charge in [0, 0.05) is 26.7 Å². The van der Waals surface area contributed by atoms with Crippen LogP contribution >= 0.6 is 0 Å². The van der Waals surface area contributed by atoms with E-state index in [0.717, 1.165) is 6.42 Å². The molecule has 20 heavy (non-hydrogen) atoms. The van der Waals surface area contributed by atoms with E-state index >= 15 is 0 Å². The van der Waals surface area contributed by atoms with Gasteiger partial charge in [-0.05, 0) is 26.2 Å². The van der Waals surface area contributed by atoms with E-state index in [-0.39, 0.29) is 18.4 Å². The van der Waals surface area contributed by atoms with Crippen LogP contribution in [-0.2, 0) is 9.59 Å². The first-order valence-electron chi connectivity index (χ1n) is 7.29. The number of hydrogen-bond acceptors (Lipinski definition) is 4. The zero-order valence-electron chi connectivity index (χ0n) is 12.8. The second-order valence-corrected chi connectivity index (χ2v) is 5.87. The molecule has 2 N–H and O–H groups in total. The molecular formula is C14H27N3O3. The minimum Gasteiger partial charge on any atom is -0.390 e. The number of hydrogen-bond donors (Lipinski definition) is 2. The molecule has 0 spiro atoms. The third-order valence-electron chi connectivity index (χ3n) is 3.67. The summed E-state index contributed by atoms with van der Waals surface area (Å²) in [6.45, 7) is 6.31. The highest BCUT2D eigenvalue weighted by Crippen LogP contribution is 2.20. The summed E-state index contributed by atoms with van der Waals surface area (Å²) in [7, 11) is 1.65. The molecule has 0 bridgehead atoms. The van der Waals surface area contributed by atoms with Crippen molar-refractivity contribution in [2.45, 2.75) is 38.7 Å². The van der Waals surface area contributed by atoms with E-state index < -0.39 is 5.60 Å². The molecule has 0 aromatic heterocycles. The zero-order valence-corrected chi connectivity index (χ0v) is 12.8. The first-order chi connectivity index (χ1) is 9.34. The number of aliphatic hydroxyl groups is 1. The second-order valence-electron chi connectivity index (χ2n) is 5.87. The van der Waals surface area contributed by atoms with E-state index in [0.29, 0.717) is 39.0 Å². The van der Waals surface area contributed by atoms with E-state index in [1.165, 1.54) is 4.90 Å². The van der Waals surface area contributed by atoms with Crippen LogP contribution in [0, 0.1) is 0 Å². The first kappa shape index (κ1) is 16.9. The average Bonchev–Trinajstić information content (AvgIpc) is 2.38. The largest absolute Gasteiger partial charge is 0.390 e. The van der Waals surface area contributed by atoms with Gasteiger partial charge in [0.05, 0.1) is 18.7 Å². The van der Waals surface area contributed by atoms with Crippen molar-refractivity contribution in [1.29, 1.82) is 0 Å². The van der Waals surface area contributed by atoms with Gasteiger partial charge in [-0.25, -0.2) is 0 Å². The lowest BCUT2D eigenvalue weighted by Crippen LogP contribution is -2.48. The van der Waals surface area contributed by atoms with Gasteiger partial charge in [0.2, 0.25) is 11.8 Å². The van der Waals surface area contributed by atoms with Crippen molar-refractivity contribution in [3.8, 4) is 0 Å². The summed E-state index contributed by atoms with van der Waals surface area (Å²) in [4.78, 5) is 27.1. The number of carbonyl (C=O) groups excluding carboxylic acids is 2. The van der Waals surface area contributed by atoms with Crippen LogP contribution in [0.2, 0.25) is 0 Å². The molecule has 0 saturated carbocycles. The molecule has 1 saturated heterocycles. The van der Waals surface area contributed by atoms with Crippen molar-refractivity contribution >= 4 is 11.8 Å². The van der Waals surface area contributed by atoms with Gasteiger partial charge in [0.25, 0.3) is 0 Å². The van der Waals surface area contributed by atoms with Gasteiger partial charge in [-0.2, -0.15) is 0 Å². The van der Waals surface area contributed by atoms with E-state index in [9.17, 15) is 14.7 Å². The Kier molecular flexibility index (Phi) is 6.42. The predicted molar refractivity (Wildman–Crippen MR) is 77.2 cm³/mol. The van der Waals surface area contributed by atoms with Crippen LogP contribution < -0.4 is 5.32 Å². The number of piperidine rings is 1. The van der Waals surface area contributed by atoms with Gasteiger partial charge in [0.15, 0.2) is 0 Å². The highest BCUT2D eigenvalue weighted by Gasteiger charge is 2.28. The van der Waals surface area contributed by atoms with Crippen molar-refractivity contribution in [3.05, 3.63) is 0 Å². The Labute approximate surface area is 121 Å². The van der Waals surface area contributed by atoms with E-state index in [1.807, 2.05) is 18.7 Å². The normalized spacial score (nSPS) is 18.6. The fourth-order valence-electron chi connectivity index (χ4n) is 2.13. The molecule has 1 rings (SSSR count). The molecule has 0 aliphatic carbocycles. The predicted octanol–water partition coefficient (Wildman–Crippen LogP) is -0.182. The maximum atomic E-state index is 12.0. The summed E-state index contributed by atoms with van der Waals surface area (Å²) in [5.74, 6) is -0.178. The number of carbonyl (C=O) groups is 2. The molecule has 0 aromatic carbocycles. The lowest BCUT2D eigenvalue weighted by molar-refractivity contribution is -0.136. The molecule has 2 amide bonds. The summed E-state index contributed by atoms with van der Waals surface area (Å²) in [5, 5.41) is 12.6. The Morgan fingerprint density at radius 1 is 1.35 bits per heavy atom. The zero-order chi connectivity index (χ0) is 15.2. The van der Waals surface area contributed by atoms with E-state index in [1.54, 1.807) is 7.05 Å². The number of nitrogens with zero attached hydrogens (tertiary/aromatic N) is 2. The average molecular weight is 285 g/mol. The van der Waals surface area contributed by atoms with Crippen LogP contribution in [0.4, 0.5) is 0 Å².